The van der Waals surface area contributed by atoms with Crippen LogP contribution in [0.2, 0.25) is 0 Å². The van der Waals surface area contributed by atoms with Crippen molar-refractivity contribution in [2.24, 2.45) is 0 Å². The predicted molar refractivity (Wildman–Crippen MR) is 156 cm³/mol. The number of nitrogens with one attached hydrogen (secondary N) is 1. The minimum Gasteiger partial charge on any atom is -0.497 e. The number of hydrogen-bond acceptors (Lipinski definition) is 5. The molecule has 0 aromatic heterocycles. The summed E-state index contributed by atoms with van der Waals surface area (Å²) >= 11 is 0. The molecule has 0 bridgehead atoms. The van der Waals surface area contributed by atoms with E-state index in [4.69, 9.17) is 4.74 Å². The maximum Gasteiger partial charge on any atom is 0.244 e. The van der Waals surface area contributed by atoms with Crippen molar-refractivity contribution in [1.82, 2.24) is 10.2 Å². The zero-order valence-corrected chi connectivity index (χ0v) is 24.1. The molecule has 1 aliphatic rings. The molecule has 10 heteroatoms. The summed E-state index contributed by atoms with van der Waals surface area (Å²) in [5.74, 6) is -0.788. The minimum absolute atomic E-state index is 0.0290. The fourth-order valence-corrected chi connectivity index (χ4v) is 5.96. The molecule has 8 nitrogen and oxygen atoms in total. The van der Waals surface area contributed by atoms with E-state index in [9.17, 15) is 22.4 Å². The molecule has 0 heterocycles. The molecule has 1 N–H and O–H groups in total. The van der Waals surface area contributed by atoms with Gasteiger partial charge in [0.15, 0.2) is 0 Å². The summed E-state index contributed by atoms with van der Waals surface area (Å²) in [5, 5.41) is 3.13. The third-order valence-corrected chi connectivity index (χ3v) is 8.39. The SMILES string of the molecule is COc1cccc(CN(C(=O)CN(c2ccc(F)cc2)S(C)(=O)=O)C(Cc2ccccc2)C(=O)NC2CCCC2)c1. The van der Waals surface area contributed by atoms with Crippen LogP contribution in [0, 0.1) is 5.82 Å². The van der Waals surface area contributed by atoms with E-state index in [0.29, 0.717) is 5.75 Å². The van der Waals surface area contributed by atoms with Gasteiger partial charge in [0.25, 0.3) is 0 Å². The topological polar surface area (TPSA) is 96.0 Å². The van der Waals surface area contributed by atoms with Crippen molar-refractivity contribution >= 4 is 27.5 Å². The number of carbonyl (C=O) groups excluding carboxylic acids is 2. The maximum atomic E-state index is 14.1. The molecule has 0 saturated heterocycles. The number of rotatable bonds is 12. The first kappa shape index (κ1) is 30.0. The van der Waals surface area contributed by atoms with Gasteiger partial charge in [-0.15, -0.1) is 0 Å². The van der Waals surface area contributed by atoms with Gasteiger partial charge >= 0.3 is 0 Å². The zero-order chi connectivity index (χ0) is 29.4. The van der Waals surface area contributed by atoms with Crippen LogP contribution in [-0.2, 0) is 32.6 Å². The summed E-state index contributed by atoms with van der Waals surface area (Å²) in [6.07, 6.45) is 5.04. The van der Waals surface area contributed by atoms with E-state index in [0.717, 1.165) is 59.5 Å². The number of anilines is 1. The fourth-order valence-electron chi connectivity index (χ4n) is 5.11. The molecule has 1 fully saturated rings. The lowest BCUT2D eigenvalue weighted by atomic mass is 10.0. The Balaban J connectivity index is 1.73. The van der Waals surface area contributed by atoms with Gasteiger partial charge in [0.05, 0.1) is 19.1 Å². The molecule has 4 rings (SSSR count). The van der Waals surface area contributed by atoms with Crippen molar-refractivity contribution in [3.63, 3.8) is 0 Å². The summed E-state index contributed by atoms with van der Waals surface area (Å²) < 4.78 is 45.5. The van der Waals surface area contributed by atoms with Crippen LogP contribution in [0.25, 0.3) is 0 Å². The molecule has 1 atom stereocenters. The second kappa shape index (κ2) is 13.6. The second-order valence-corrected chi connectivity index (χ2v) is 12.2. The highest BCUT2D eigenvalue weighted by Gasteiger charge is 2.34. The van der Waals surface area contributed by atoms with Gasteiger partial charge in [-0.25, -0.2) is 12.8 Å². The number of amides is 2. The van der Waals surface area contributed by atoms with E-state index in [1.54, 1.807) is 25.3 Å². The predicted octanol–water partition coefficient (Wildman–Crippen LogP) is 4.30. The number of benzene rings is 3. The number of halogens is 1. The van der Waals surface area contributed by atoms with Crippen LogP contribution in [-0.4, -0.2) is 57.1 Å². The summed E-state index contributed by atoms with van der Waals surface area (Å²) in [7, 11) is -2.38. The van der Waals surface area contributed by atoms with Crippen LogP contribution >= 0.6 is 0 Å². The lowest BCUT2D eigenvalue weighted by Crippen LogP contribution is -2.54. The summed E-state index contributed by atoms with van der Waals surface area (Å²) in [6.45, 7) is -0.511. The molecule has 41 heavy (non-hydrogen) atoms. The smallest absolute Gasteiger partial charge is 0.244 e. The van der Waals surface area contributed by atoms with Crippen LogP contribution in [0.4, 0.5) is 10.1 Å². The van der Waals surface area contributed by atoms with E-state index in [1.165, 1.54) is 17.0 Å². The Labute approximate surface area is 241 Å². The zero-order valence-electron chi connectivity index (χ0n) is 23.3. The Morgan fingerprint density at radius 3 is 2.27 bits per heavy atom. The lowest BCUT2D eigenvalue weighted by molar-refractivity contribution is -0.140. The van der Waals surface area contributed by atoms with Gasteiger partial charge in [0.1, 0.15) is 24.2 Å². The van der Waals surface area contributed by atoms with Crippen LogP contribution in [0.15, 0.2) is 78.9 Å². The first-order valence-electron chi connectivity index (χ1n) is 13.6. The van der Waals surface area contributed by atoms with Crippen molar-refractivity contribution < 1.29 is 27.1 Å². The molecule has 1 unspecified atom stereocenters. The number of methoxy groups -OCH3 is 1. The molecule has 2 amide bonds. The first-order valence-corrected chi connectivity index (χ1v) is 15.5. The highest BCUT2D eigenvalue weighted by atomic mass is 32.2. The van der Waals surface area contributed by atoms with Crippen LogP contribution < -0.4 is 14.4 Å². The Bertz CT molecular complexity index is 1430. The summed E-state index contributed by atoms with van der Waals surface area (Å²) in [5.41, 5.74) is 1.73. The third-order valence-electron chi connectivity index (χ3n) is 7.25. The Morgan fingerprint density at radius 1 is 0.976 bits per heavy atom. The molecular formula is C31H36FN3O5S. The van der Waals surface area contributed by atoms with E-state index in [2.05, 4.69) is 5.32 Å². The van der Waals surface area contributed by atoms with Crippen molar-refractivity contribution in [3.05, 3.63) is 95.8 Å². The van der Waals surface area contributed by atoms with Gasteiger partial charge < -0.3 is 15.0 Å². The Kier molecular flexibility index (Phi) is 9.99. The fraction of sp³-hybridized carbons (Fsp3) is 0.355. The number of sulfonamides is 1. The van der Waals surface area contributed by atoms with E-state index >= 15 is 0 Å². The largest absolute Gasteiger partial charge is 0.497 e. The Morgan fingerprint density at radius 2 is 1.63 bits per heavy atom. The number of ether oxygens (including phenoxy) is 1. The average molecular weight is 582 g/mol. The number of nitrogens with zero attached hydrogens (tertiary/aromatic N) is 2. The molecule has 3 aromatic rings. The number of carbonyl (C=O) groups is 2. The molecule has 1 saturated carbocycles. The van der Waals surface area contributed by atoms with Crippen LogP contribution in [0.1, 0.15) is 36.8 Å². The summed E-state index contributed by atoms with van der Waals surface area (Å²) in [6, 6.07) is 20.6. The highest BCUT2D eigenvalue weighted by molar-refractivity contribution is 7.92. The van der Waals surface area contributed by atoms with Gasteiger partial charge in [-0.05, 0) is 60.4 Å². The van der Waals surface area contributed by atoms with Crippen LogP contribution in [0.3, 0.4) is 0 Å². The van der Waals surface area contributed by atoms with E-state index in [-0.39, 0.29) is 30.6 Å². The molecule has 218 valence electrons. The quantitative estimate of drug-likeness (QED) is 0.344. The number of hydrogen-bond donors (Lipinski definition) is 1. The Hall–Kier alpha value is -3.92. The molecule has 0 radical (unpaired) electrons. The molecule has 1 aliphatic carbocycles. The van der Waals surface area contributed by atoms with Gasteiger partial charge in [-0.1, -0.05) is 55.3 Å². The van der Waals surface area contributed by atoms with Crippen LogP contribution in [0.5, 0.6) is 5.75 Å². The van der Waals surface area contributed by atoms with Crippen molar-refractivity contribution in [2.75, 3.05) is 24.2 Å². The van der Waals surface area contributed by atoms with E-state index < -0.39 is 34.3 Å². The van der Waals surface area contributed by atoms with Gasteiger partial charge in [-0.2, -0.15) is 0 Å². The van der Waals surface area contributed by atoms with Crippen molar-refractivity contribution in [3.8, 4) is 5.75 Å². The molecule has 0 spiro atoms. The summed E-state index contributed by atoms with van der Waals surface area (Å²) in [4.78, 5) is 29.4. The molecular weight excluding hydrogens is 545 g/mol. The molecule has 3 aromatic carbocycles. The third kappa shape index (κ3) is 8.29. The first-order chi connectivity index (χ1) is 19.6. The normalized spacial score (nSPS) is 14.3. The molecule has 0 aliphatic heterocycles. The standard InChI is InChI=1S/C31H36FN3O5S/c1-40-28-14-8-11-24(19-28)21-34(30(36)22-35(41(2,38)39)27-17-15-25(32)16-18-27)29(20-23-9-4-3-5-10-23)31(37)33-26-12-6-7-13-26/h3-5,8-11,14-19,26,29H,6-7,12-13,20-22H2,1-2H3,(H,33,37). The minimum atomic E-state index is -3.92. The van der Waals surface area contributed by atoms with E-state index in [1.807, 2.05) is 36.4 Å². The van der Waals surface area contributed by atoms with Crippen molar-refractivity contribution in [2.45, 2.75) is 50.7 Å². The second-order valence-electron chi connectivity index (χ2n) is 10.3. The average Bonchev–Trinajstić information content (AvgIpc) is 3.47. The lowest BCUT2D eigenvalue weighted by Gasteiger charge is -2.34. The highest BCUT2D eigenvalue weighted by Crippen LogP contribution is 2.23. The van der Waals surface area contributed by atoms with Gasteiger partial charge in [0.2, 0.25) is 21.8 Å². The maximum absolute atomic E-state index is 14.1. The van der Waals surface area contributed by atoms with Crippen molar-refractivity contribution in [1.29, 1.82) is 0 Å². The van der Waals surface area contributed by atoms with Gasteiger partial charge in [0, 0.05) is 19.0 Å². The monoisotopic (exact) mass is 581 g/mol. The van der Waals surface area contributed by atoms with Gasteiger partial charge in [-0.3, -0.25) is 13.9 Å².